The molecule has 0 saturated carbocycles. The average molecular weight is 545 g/mol. The van der Waals surface area contributed by atoms with Gasteiger partial charge in [-0.1, -0.05) is 84.9 Å². The Labute approximate surface area is 248 Å². The van der Waals surface area contributed by atoms with Gasteiger partial charge in [-0.2, -0.15) is 0 Å². The van der Waals surface area contributed by atoms with Crippen molar-refractivity contribution in [2.75, 3.05) is 0 Å². The molecular weight excluding hydrogens is 520 g/mol. The van der Waals surface area contributed by atoms with Crippen LogP contribution in [0.3, 0.4) is 0 Å². The van der Waals surface area contributed by atoms with E-state index in [0.717, 1.165) is 27.5 Å². The van der Waals surface area contributed by atoms with Crippen LogP contribution in [0.4, 0.5) is 5.69 Å². The van der Waals surface area contributed by atoms with Crippen LogP contribution in [-0.2, 0) is 0 Å². The third-order valence-corrected chi connectivity index (χ3v) is 8.87. The minimum atomic E-state index is 0.656. The van der Waals surface area contributed by atoms with E-state index in [4.69, 9.17) is 6.57 Å². The molecule has 198 valence electrons. The predicted octanol–water partition coefficient (Wildman–Crippen LogP) is 11.6. The highest BCUT2D eigenvalue weighted by Gasteiger charge is 2.16. The van der Waals surface area contributed by atoms with E-state index in [9.17, 15) is 0 Å². The second kappa shape index (κ2) is 9.05. The summed E-state index contributed by atoms with van der Waals surface area (Å²) >= 11 is 0. The fourth-order valence-electron chi connectivity index (χ4n) is 6.92. The third-order valence-electron chi connectivity index (χ3n) is 8.87. The van der Waals surface area contributed by atoms with Crippen molar-refractivity contribution in [1.29, 1.82) is 0 Å². The van der Waals surface area contributed by atoms with Crippen LogP contribution in [0.5, 0.6) is 0 Å². The van der Waals surface area contributed by atoms with Crippen LogP contribution < -0.4 is 0 Å². The zero-order chi connectivity index (χ0) is 28.5. The Morgan fingerprint density at radius 1 is 0.419 bits per heavy atom. The lowest BCUT2D eigenvalue weighted by Gasteiger charge is -2.15. The summed E-state index contributed by atoms with van der Waals surface area (Å²) < 4.78 is 2.30. The molecule has 0 aliphatic heterocycles. The summed E-state index contributed by atoms with van der Waals surface area (Å²) in [6.45, 7) is 7.63. The van der Waals surface area contributed by atoms with Gasteiger partial charge in [-0.3, -0.25) is 0 Å². The molecule has 0 saturated heterocycles. The Hall–Kier alpha value is -5.91. The van der Waals surface area contributed by atoms with E-state index >= 15 is 0 Å². The molecule has 0 radical (unpaired) electrons. The summed E-state index contributed by atoms with van der Waals surface area (Å²) in [6.07, 6.45) is 0. The first-order valence-corrected chi connectivity index (χ1v) is 14.5. The van der Waals surface area contributed by atoms with Gasteiger partial charge in [-0.05, 0) is 121 Å². The van der Waals surface area contributed by atoms with Gasteiger partial charge < -0.3 is 4.57 Å². The number of hydrogen-bond donors (Lipinski definition) is 0. The molecule has 8 aromatic carbocycles. The maximum Gasteiger partial charge on any atom is 0.188 e. The average Bonchev–Trinajstić information content (AvgIpc) is 3.40. The van der Waals surface area contributed by atoms with Crippen molar-refractivity contribution in [3.8, 4) is 27.9 Å². The first kappa shape index (κ1) is 23.8. The highest BCUT2D eigenvalue weighted by molar-refractivity contribution is 6.24. The highest BCUT2D eigenvalue weighted by Crippen LogP contribution is 2.41. The van der Waals surface area contributed by atoms with Crippen LogP contribution in [0.25, 0.3) is 86.9 Å². The molecule has 1 heterocycles. The van der Waals surface area contributed by atoms with Gasteiger partial charge in [-0.25, -0.2) is 4.85 Å². The first-order valence-electron chi connectivity index (χ1n) is 14.5. The topological polar surface area (TPSA) is 9.29 Å². The zero-order valence-corrected chi connectivity index (χ0v) is 23.3. The normalized spacial score (nSPS) is 11.7. The summed E-state index contributed by atoms with van der Waals surface area (Å²) in [5.74, 6) is 0. The van der Waals surface area contributed by atoms with Crippen LogP contribution >= 0.6 is 0 Å². The Kier molecular flexibility index (Phi) is 5.00. The third kappa shape index (κ3) is 3.59. The van der Waals surface area contributed by atoms with Crippen LogP contribution in [0, 0.1) is 6.57 Å². The fourth-order valence-corrected chi connectivity index (χ4v) is 6.92. The standard InChI is InChI=1S/C41H24N2/c1-42-34-17-19-39-37(25-34)36-24-27(16-18-38(36)43(39)35-10-6-3-7-11-35)33-22-30-14-12-28-20-32(26-8-4-2-5-9-26)21-29-13-15-31(23-33)41(30)40(28)29/h2-25H. The molecule has 2 heteroatoms. The molecule has 0 spiro atoms. The second-order valence-electron chi connectivity index (χ2n) is 11.3. The van der Waals surface area contributed by atoms with E-state index in [1.807, 2.05) is 18.2 Å². The zero-order valence-electron chi connectivity index (χ0n) is 23.3. The van der Waals surface area contributed by atoms with Gasteiger partial charge in [-0.15, -0.1) is 0 Å². The van der Waals surface area contributed by atoms with E-state index in [0.29, 0.717) is 5.69 Å². The van der Waals surface area contributed by atoms with Crippen LogP contribution in [-0.4, -0.2) is 4.57 Å². The van der Waals surface area contributed by atoms with Gasteiger partial charge in [0.05, 0.1) is 17.6 Å². The van der Waals surface area contributed by atoms with Crippen molar-refractivity contribution in [2.45, 2.75) is 0 Å². The number of rotatable bonds is 3. The maximum atomic E-state index is 7.63. The first-order chi connectivity index (χ1) is 21.2. The summed E-state index contributed by atoms with van der Waals surface area (Å²) in [7, 11) is 0. The molecule has 9 rings (SSSR count). The van der Waals surface area contributed by atoms with E-state index in [2.05, 4.69) is 137 Å². The van der Waals surface area contributed by atoms with Crippen molar-refractivity contribution >= 4 is 59.8 Å². The van der Waals surface area contributed by atoms with Crippen LogP contribution in [0.2, 0.25) is 0 Å². The van der Waals surface area contributed by atoms with Gasteiger partial charge >= 0.3 is 0 Å². The summed E-state index contributed by atoms with van der Waals surface area (Å²) in [4.78, 5) is 3.73. The molecule has 0 aliphatic carbocycles. The number of fused-ring (bicyclic) bond motifs is 3. The molecule has 0 amide bonds. The SMILES string of the molecule is [C-]#[N+]c1ccc2c(c1)c1cc(-c3cc4ccc5cc(-c6ccccc6)cc6ccc(c3)c4c56)ccc1n2-c1ccccc1. The van der Waals surface area contributed by atoms with Gasteiger partial charge in [0.25, 0.3) is 0 Å². The number of benzene rings is 8. The maximum absolute atomic E-state index is 7.63. The summed E-state index contributed by atoms with van der Waals surface area (Å²) in [6, 6.07) is 52.2. The molecule has 0 aliphatic rings. The number of aromatic nitrogens is 1. The molecular formula is C41H24N2. The molecule has 43 heavy (non-hydrogen) atoms. The number of hydrogen-bond acceptors (Lipinski definition) is 0. The van der Waals surface area contributed by atoms with Crippen molar-refractivity contribution in [1.82, 2.24) is 4.57 Å². The van der Waals surface area contributed by atoms with Crippen molar-refractivity contribution in [3.63, 3.8) is 0 Å². The lowest BCUT2D eigenvalue weighted by Crippen LogP contribution is -1.92. The van der Waals surface area contributed by atoms with Crippen LogP contribution in [0.15, 0.2) is 146 Å². The Bertz CT molecular complexity index is 2480. The molecule has 0 atom stereocenters. The van der Waals surface area contributed by atoms with E-state index in [1.54, 1.807) is 0 Å². The number of nitrogens with zero attached hydrogens (tertiary/aromatic N) is 2. The molecule has 0 fully saturated rings. The van der Waals surface area contributed by atoms with Gasteiger partial charge in [0.2, 0.25) is 0 Å². The smallest absolute Gasteiger partial charge is 0.188 e. The van der Waals surface area contributed by atoms with E-state index < -0.39 is 0 Å². The lowest BCUT2D eigenvalue weighted by atomic mass is 9.89. The molecule has 9 aromatic rings. The van der Waals surface area contributed by atoms with Gasteiger partial charge in [0, 0.05) is 11.1 Å². The second-order valence-corrected chi connectivity index (χ2v) is 11.3. The van der Waals surface area contributed by atoms with Crippen molar-refractivity contribution < 1.29 is 0 Å². The van der Waals surface area contributed by atoms with Gasteiger partial charge in [0.1, 0.15) is 0 Å². The fraction of sp³-hybridized carbons (Fsp3) is 0. The minimum absolute atomic E-state index is 0.656. The Morgan fingerprint density at radius 2 is 0.930 bits per heavy atom. The molecule has 0 bridgehead atoms. The minimum Gasteiger partial charge on any atom is -0.309 e. The van der Waals surface area contributed by atoms with Crippen molar-refractivity contribution in [2.24, 2.45) is 0 Å². The van der Waals surface area contributed by atoms with Gasteiger partial charge in [0.15, 0.2) is 5.69 Å². The largest absolute Gasteiger partial charge is 0.309 e. The predicted molar refractivity (Wildman–Crippen MR) is 182 cm³/mol. The molecule has 0 N–H and O–H groups in total. The molecule has 0 unspecified atom stereocenters. The molecule has 2 nitrogen and oxygen atoms in total. The monoisotopic (exact) mass is 544 g/mol. The van der Waals surface area contributed by atoms with Crippen LogP contribution in [0.1, 0.15) is 0 Å². The Morgan fingerprint density at radius 3 is 1.51 bits per heavy atom. The van der Waals surface area contributed by atoms with E-state index in [1.165, 1.54) is 54.6 Å². The lowest BCUT2D eigenvalue weighted by molar-refractivity contribution is 1.18. The Balaban J connectivity index is 1.25. The summed E-state index contributed by atoms with van der Waals surface area (Å²) in [5.41, 5.74) is 8.87. The van der Waals surface area contributed by atoms with E-state index in [-0.39, 0.29) is 0 Å². The van der Waals surface area contributed by atoms with Crippen molar-refractivity contribution in [3.05, 3.63) is 157 Å². The number of para-hydroxylation sites is 1. The quantitative estimate of drug-likeness (QED) is 0.155. The molecule has 1 aromatic heterocycles. The summed E-state index contributed by atoms with van der Waals surface area (Å²) in [5, 5.41) is 9.94. The highest BCUT2D eigenvalue weighted by atomic mass is 15.0.